The summed E-state index contributed by atoms with van der Waals surface area (Å²) in [4.78, 5) is 20.0. The molecule has 1 amide bonds. The minimum atomic E-state index is 0.0949. The van der Waals surface area contributed by atoms with Crippen molar-refractivity contribution in [3.63, 3.8) is 0 Å². The molecule has 3 rings (SSSR count). The number of anilines is 3. The molecule has 0 unspecified atom stereocenters. The van der Waals surface area contributed by atoms with Crippen LogP contribution in [-0.4, -0.2) is 33.4 Å². The van der Waals surface area contributed by atoms with Crippen molar-refractivity contribution >= 4 is 34.3 Å². The quantitative estimate of drug-likeness (QED) is 0.452. The van der Waals surface area contributed by atoms with Crippen molar-refractivity contribution in [1.82, 2.24) is 14.5 Å². The van der Waals surface area contributed by atoms with Crippen LogP contribution in [0.5, 0.6) is 0 Å². The number of fused-ring (bicyclic) bond motifs is 1. The molecule has 0 atom stereocenters. The number of aromatic nitrogens is 2. The van der Waals surface area contributed by atoms with Gasteiger partial charge in [-0.25, -0.2) is 4.98 Å². The second-order valence-electron chi connectivity index (χ2n) is 9.10. The predicted molar refractivity (Wildman–Crippen MR) is 130 cm³/mol. The molecule has 0 aliphatic heterocycles. The van der Waals surface area contributed by atoms with E-state index in [4.69, 9.17) is 10.7 Å². The Morgan fingerprint density at radius 1 is 1.03 bits per heavy atom. The summed E-state index contributed by atoms with van der Waals surface area (Å²) in [5.74, 6) is 1.95. The molecule has 0 aliphatic carbocycles. The highest BCUT2D eigenvalue weighted by Gasteiger charge is 2.18. The fraction of sp³-hybridized carbons (Fsp3) is 0.440. The van der Waals surface area contributed by atoms with Gasteiger partial charge in [-0.15, -0.1) is 0 Å². The molecular weight excluding hydrogens is 386 g/mol. The SMILES string of the molecule is CC(C)CCN(CCC(C)C)C(=O)c1ccc2nc(Nc3ccc(N)cc3)n(C)c2c1. The molecule has 31 heavy (non-hydrogen) atoms. The number of hydrogen-bond acceptors (Lipinski definition) is 4. The Kier molecular flexibility index (Phi) is 7.21. The van der Waals surface area contributed by atoms with Crippen molar-refractivity contribution in [2.75, 3.05) is 24.1 Å². The lowest BCUT2D eigenvalue weighted by atomic mass is 10.1. The second-order valence-corrected chi connectivity index (χ2v) is 9.10. The average Bonchev–Trinajstić information content (AvgIpc) is 3.04. The summed E-state index contributed by atoms with van der Waals surface area (Å²) < 4.78 is 1.98. The topological polar surface area (TPSA) is 76.2 Å². The first-order valence-electron chi connectivity index (χ1n) is 11.1. The van der Waals surface area contributed by atoms with Crippen molar-refractivity contribution in [1.29, 1.82) is 0 Å². The Morgan fingerprint density at radius 2 is 1.65 bits per heavy atom. The van der Waals surface area contributed by atoms with E-state index in [2.05, 4.69) is 33.0 Å². The molecule has 1 aromatic heterocycles. The number of carbonyl (C=O) groups is 1. The number of nitrogens with one attached hydrogen (secondary N) is 1. The number of amides is 1. The summed E-state index contributed by atoms with van der Waals surface area (Å²) in [6, 6.07) is 13.3. The number of hydrogen-bond donors (Lipinski definition) is 2. The van der Waals surface area contributed by atoms with Crippen molar-refractivity contribution in [3.8, 4) is 0 Å². The lowest BCUT2D eigenvalue weighted by molar-refractivity contribution is 0.0741. The van der Waals surface area contributed by atoms with Gasteiger partial charge in [0.15, 0.2) is 0 Å². The maximum atomic E-state index is 13.3. The molecule has 0 bridgehead atoms. The number of rotatable bonds is 9. The fourth-order valence-electron chi connectivity index (χ4n) is 3.46. The maximum Gasteiger partial charge on any atom is 0.253 e. The van der Waals surface area contributed by atoms with Gasteiger partial charge < -0.3 is 20.5 Å². The van der Waals surface area contributed by atoms with Crippen LogP contribution in [0.15, 0.2) is 42.5 Å². The molecule has 3 N–H and O–H groups in total. The zero-order valence-electron chi connectivity index (χ0n) is 19.4. The van der Waals surface area contributed by atoms with Crippen LogP contribution in [0.3, 0.4) is 0 Å². The van der Waals surface area contributed by atoms with Gasteiger partial charge in [0.05, 0.1) is 11.0 Å². The van der Waals surface area contributed by atoms with Gasteiger partial charge in [0.2, 0.25) is 5.95 Å². The van der Waals surface area contributed by atoms with E-state index < -0.39 is 0 Å². The summed E-state index contributed by atoms with van der Waals surface area (Å²) in [5, 5.41) is 3.33. The summed E-state index contributed by atoms with van der Waals surface area (Å²) in [6.07, 6.45) is 2.01. The Hall–Kier alpha value is -3.02. The van der Waals surface area contributed by atoms with E-state index in [-0.39, 0.29) is 5.91 Å². The Bertz CT molecular complexity index is 1010. The monoisotopic (exact) mass is 421 g/mol. The molecule has 0 fully saturated rings. The van der Waals surface area contributed by atoms with E-state index in [1.54, 1.807) is 0 Å². The van der Waals surface area contributed by atoms with Crippen molar-refractivity contribution < 1.29 is 4.79 Å². The number of benzene rings is 2. The van der Waals surface area contributed by atoms with E-state index in [0.29, 0.717) is 17.4 Å². The molecule has 1 heterocycles. The Morgan fingerprint density at radius 3 is 2.23 bits per heavy atom. The zero-order valence-corrected chi connectivity index (χ0v) is 19.4. The third kappa shape index (κ3) is 5.78. The molecule has 6 nitrogen and oxygen atoms in total. The van der Waals surface area contributed by atoms with Gasteiger partial charge in [-0.1, -0.05) is 27.7 Å². The number of aryl methyl sites for hydroxylation is 1. The Balaban J connectivity index is 1.84. The highest BCUT2D eigenvalue weighted by molar-refractivity contribution is 5.97. The molecule has 2 aromatic carbocycles. The highest BCUT2D eigenvalue weighted by atomic mass is 16.2. The number of imidazole rings is 1. The van der Waals surface area contributed by atoms with Crippen LogP contribution in [0, 0.1) is 11.8 Å². The molecule has 0 saturated heterocycles. The number of carbonyl (C=O) groups excluding carboxylic acids is 1. The summed E-state index contributed by atoms with van der Waals surface area (Å²) in [5.41, 5.74) is 9.90. The first kappa shape index (κ1) is 22.7. The zero-order chi connectivity index (χ0) is 22.5. The van der Waals surface area contributed by atoms with Crippen molar-refractivity contribution in [3.05, 3.63) is 48.0 Å². The van der Waals surface area contributed by atoms with Gasteiger partial charge in [-0.05, 0) is 67.1 Å². The first-order valence-corrected chi connectivity index (χ1v) is 11.1. The van der Waals surface area contributed by atoms with E-state index in [1.165, 1.54) is 0 Å². The van der Waals surface area contributed by atoms with Gasteiger partial charge in [-0.2, -0.15) is 0 Å². The highest BCUT2D eigenvalue weighted by Crippen LogP contribution is 2.24. The van der Waals surface area contributed by atoms with Gasteiger partial charge in [0.25, 0.3) is 5.91 Å². The van der Waals surface area contributed by atoms with Crippen LogP contribution in [0.2, 0.25) is 0 Å². The molecule has 0 saturated carbocycles. The normalized spacial score (nSPS) is 11.5. The van der Waals surface area contributed by atoms with Gasteiger partial charge in [0.1, 0.15) is 0 Å². The largest absolute Gasteiger partial charge is 0.399 e. The summed E-state index contributed by atoms with van der Waals surface area (Å²) >= 11 is 0. The van der Waals surface area contributed by atoms with Crippen LogP contribution < -0.4 is 11.1 Å². The number of nitrogen functional groups attached to an aromatic ring is 1. The van der Waals surface area contributed by atoms with Crippen molar-refractivity contribution in [2.24, 2.45) is 18.9 Å². The van der Waals surface area contributed by atoms with E-state index in [9.17, 15) is 4.79 Å². The van der Waals surface area contributed by atoms with Gasteiger partial charge in [-0.3, -0.25) is 4.79 Å². The van der Waals surface area contributed by atoms with E-state index in [1.807, 2.05) is 59.0 Å². The molecule has 0 radical (unpaired) electrons. The second kappa shape index (κ2) is 9.86. The van der Waals surface area contributed by atoms with Gasteiger partial charge in [0, 0.05) is 37.1 Å². The molecule has 166 valence electrons. The van der Waals surface area contributed by atoms with E-state index >= 15 is 0 Å². The average molecular weight is 422 g/mol. The van der Waals surface area contributed by atoms with Crippen LogP contribution in [0.4, 0.5) is 17.3 Å². The lowest BCUT2D eigenvalue weighted by Crippen LogP contribution is -2.34. The van der Waals surface area contributed by atoms with Crippen LogP contribution in [-0.2, 0) is 7.05 Å². The molecule has 3 aromatic rings. The summed E-state index contributed by atoms with van der Waals surface area (Å²) in [6.45, 7) is 10.4. The molecular formula is C25H35N5O. The first-order chi connectivity index (χ1) is 14.7. The molecule has 0 spiro atoms. The standard InChI is InChI=1S/C25H35N5O/c1-17(2)12-14-30(15-13-18(3)4)24(31)19-6-11-22-23(16-19)29(5)25(28-22)27-21-9-7-20(26)8-10-21/h6-11,16-18H,12-15,26H2,1-5H3,(H,27,28). The third-order valence-electron chi connectivity index (χ3n) is 5.53. The minimum absolute atomic E-state index is 0.0949. The van der Waals surface area contributed by atoms with Crippen LogP contribution >= 0.6 is 0 Å². The summed E-state index contributed by atoms with van der Waals surface area (Å²) in [7, 11) is 1.96. The number of nitrogens with two attached hydrogens (primary N) is 1. The third-order valence-corrected chi connectivity index (χ3v) is 5.53. The smallest absolute Gasteiger partial charge is 0.253 e. The molecule has 0 aliphatic rings. The minimum Gasteiger partial charge on any atom is -0.399 e. The molecule has 6 heteroatoms. The number of nitrogens with zero attached hydrogens (tertiary/aromatic N) is 3. The Labute approximate surface area is 185 Å². The lowest BCUT2D eigenvalue weighted by Gasteiger charge is -2.24. The van der Waals surface area contributed by atoms with Crippen LogP contribution in [0.1, 0.15) is 50.9 Å². The van der Waals surface area contributed by atoms with Crippen LogP contribution in [0.25, 0.3) is 11.0 Å². The predicted octanol–water partition coefficient (Wildman–Crippen LogP) is 5.43. The fourth-order valence-corrected chi connectivity index (χ4v) is 3.46. The maximum absolute atomic E-state index is 13.3. The van der Waals surface area contributed by atoms with E-state index in [0.717, 1.165) is 54.3 Å². The van der Waals surface area contributed by atoms with Gasteiger partial charge >= 0.3 is 0 Å². The van der Waals surface area contributed by atoms with Crippen molar-refractivity contribution in [2.45, 2.75) is 40.5 Å².